The van der Waals surface area contributed by atoms with Crippen LogP contribution in [0, 0.1) is 0 Å². The SMILES string of the molecule is CN(C)C(=O)NN1CCCC1. The molecule has 1 fully saturated rings. The third-order valence-corrected chi connectivity index (χ3v) is 1.77. The standard InChI is InChI=1S/C7H15N3O/c1-9(2)7(11)8-10-5-3-4-6-10/h3-6H2,1-2H3,(H,8,11). The molecule has 1 aliphatic rings. The highest BCUT2D eigenvalue weighted by Crippen LogP contribution is 2.03. The molecule has 11 heavy (non-hydrogen) atoms. The number of hydrazine groups is 1. The normalized spacial score (nSPS) is 18.4. The molecule has 1 aliphatic heterocycles. The Bertz CT molecular complexity index is 141. The molecule has 0 aromatic heterocycles. The first-order chi connectivity index (χ1) is 5.20. The zero-order valence-electron chi connectivity index (χ0n) is 7.13. The van der Waals surface area contributed by atoms with E-state index in [0.717, 1.165) is 13.1 Å². The lowest BCUT2D eigenvalue weighted by Crippen LogP contribution is -2.45. The van der Waals surface area contributed by atoms with Crippen molar-refractivity contribution in [2.24, 2.45) is 0 Å². The van der Waals surface area contributed by atoms with E-state index in [2.05, 4.69) is 5.43 Å². The van der Waals surface area contributed by atoms with Crippen molar-refractivity contribution in [1.29, 1.82) is 0 Å². The first-order valence-electron chi connectivity index (χ1n) is 3.93. The molecule has 0 aromatic rings. The molecule has 4 heteroatoms. The van der Waals surface area contributed by atoms with Crippen molar-refractivity contribution in [3.05, 3.63) is 0 Å². The molecule has 64 valence electrons. The third kappa shape index (κ3) is 2.38. The molecule has 2 amide bonds. The average Bonchev–Trinajstić information content (AvgIpc) is 2.39. The van der Waals surface area contributed by atoms with Crippen molar-refractivity contribution in [2.75, 3.05) is 27.2 Å². The van der Waals surface area contributed by atoms with Gasteiger partial charge in [-0.2, -0.15) is 0 Å². The van der Waals surface area contributed by atoms with Crippen LogP contribution in [-0.2, 0) is 0 Å². The lowest BCUT2D eigenvalue weighted by atomic mass is 10.4. The molecule has 0 aliphatic carbocycles. The molecular formula is C7H15N3O. The summed E-state index contributed by atoms with van der Waals surface area (Å²) in [6, 6.07) is -0.0353. The van der Waals surface area contributed by atoms with Crippen LogP contribution < -0.4 is 5.43 Å². The van der Waals surface area contributed by atoms with E-state index in [1.54, 1.807) is 19.0 Å². The summed E-state index contributed by atoms with van der Waals surface area (Å²) < 4.78 is 0. The van der Waals surface area contributed by atoms with E-state index in [-0.39, 0.29) is 6.03 Å². The fourth-order valence-electron chi connectivity index (χ4n) is 1.06. The maximum Gasteiger partial charge on any atom is 0.331 e. The molecule has 0 aromatic carbocycles. The Morgan fingerprint density at radius 2 is 1.91 bits per heavy atom. The van der Waals surface area contributed by atoms with Crippen LogP contribution >= 0.6 is 0 Å². The molecule has 1 saturated heterocycles. The van der Waals surface area contributed by atoms with Crippen molar-refractivity contribution in [3.8, 4) is 0 Å². The highest BCUT2D eigenvalue weighted by Gasteiger charge is 2.14. The Kier molecular flexibility index (Phi) is 2.70. The highest BCUT2D eigenvalue weighted by atomic mass is 16.2. The Morgan fingerprint density at radius 3 is 2.36 bits per heavy atom. The van der Waals surface area contributed by atoms with E-state index in [9.17, 15) is 4.79 Å². The van der Waals surface area contributed by atoms with Crippen LogP contribution in [0.15, 0.2) is 0 Å². The van der Waals surface area contributed by atoms with Crippen molar-refractivity contribution >= 4 is 6.03 Å². The van der Waals surface area contributed by atoms with Gasteiger partial charge < -0.3 is 4.90 Å². The second-order valence-electron chi connectivity index (χ2n) is 3.01. The van der Waals surface area contributed by atoms with Gasteiger partial charge in [-0.05, 0) is 12.8 Å². The van der Waals surface area contributed by atoms with Crippen LogP contribution in [0.4, 0.5) is 4.79 Å². The minimum absolute atomic E-state index is 0.0353. The smallest absolute Gasteiger partial charge is 0.330 e. The van der Waals surface area contributed by atoms with Gasteiger partial charge in [0.25, 0.3) is 0 Å². The van der Waals surface area contributed by atoms with Crippen LogP contribution in [0.5, 0.6) is 0 Å². The topological polar surface area (TPSA) is 35.6 Å². The summed E-state index contributed by atoms with van der Waals surface area (Å²) in [5, 5.41) is 1.96. The van der Waals surface area contributed by atoms with Crippen molar-refractivity contribution in [2.45, 2.75) is 12.8 Å². The number of carbonyl (C=O) groups is 1. The molecule has 0 radical (unpaired) electrons. The second-order valence-corrected chi connectivity index (χ2v) is 3.01. The lowest BCUT2D eigenvalue weighted by Gasteiger charge is -2.19. The van der Waals surface area contributed by atoms with Gasteiger partial charge in [0.1, 0.15) is 0 Å². The number of hydrogen-bond donors (Lipinski definition) is 1. The van der Waals surface area contributed by atoms with Crippen molar-refractivity contribution in [1.82, 2.24) is 15.3 Å². The van der Waals surface area contributed by atoms with E-state index in [4.69, 9.17) is 0 Å². The van der Waals surface area contributed by atoms with Crippen LogP contribution in [0.3, 0.4) is 0 Å². The minimum Gasteiger partial charge on any atom is -0.330 e. The largest absolute Gasteiger partial charge is 0.331 e. The number of hydrogen-bond acceptors (Lipinski definition) is 2. The lowest BCUT2D eigenvalue weighted by molar-refractivity contribution is 0.175. The van der Waals surface area contributed by atoms with Gasteiger partial charge in [-0.3, -0.25) is 5.43 Å². The van der Waals surface area contributed by atoms with Crippen LogP contribution in [0.1, 0.15) is 12.8 Å². The van der Waals surface area contributed by atoms with E-state index in [1.165, 1.54) is 12.8 Å². The summed E-state index contributed by atoms with van der Waals surface area (Å²) in [5.41, 5.74) is 2.80. The van der Waals surface area contributed by atoms with E-state index >= 15 is 0 Å². The Hall–Kier alpha value is -0.770. The second kappa shape index (κ2) is 3.57. The van der Waals surface area contributed by atoms with Gasteiger partial charge in [-0.15, -0.1) is 0 Å². The number of carbonyl (C=O) groups excluding carboxylic acids is 1. The van der Waals surface area contributed by atoms with Crippen LogP contribution in [0.2, 0.25) is 0 Å². The molecule has 4 nitrogen and oxygen atoms in total. The Balaban J connectivity index is 2.24. The fourth-order valence-corrected chi connectivity index (χ4v) is 1.06. The molecule has 1 rings (SSSR count). The van der Waals surface area contributed by atoms with Gasteiger partial charge in [-0.25, -0.2) is 9.80 Å². The summed E-state index contributed by atoms with van der Waals surface area (Å²) >= 11 is 0. The molecule has 0 bridgehead atoms. The number of urea groups is 1. The van der Waals surface area contributed by atoms with Gasteiger partial charge in [0.05, 0.1) is 0 Å². The van der Waals surface area contributed by atoms with Gasteiger partial charge in [0.2, 0.25) is 0 Å². The predicted octanol–water partition coefficient (Wildman–Crippen LogP) is 0.268. The van der Waals surface area contributed by atoms with Crippen LogP contribution in [0.25, 0.3) is 0 Å². The minimum atomic E-state index is -0.0353. The number of rotatable bonds is 1. The summed E-state index contributed by atoms with van der Waals surface area (Å²) in [6.45, 7) is 1.97. The number of amides is 2. The maximum atomic E-state index is 11.1. The zero-order chi connectivity index (χ0) is 8.27. The summed E-state index contributed by atoms with van der Waals surface area (Å²) in [7, 11) is 3.48. The molecule has 1 heterocycles. The molecule has 1 N–H and O–H groups in total. The quantitative estimate of drug-likeness (QED) is 0.593. The molecule has 0 saturated carbocycles. The van der Waals surface area contributed by atoms with Gasteiger partial charge in [-0.1, -0.05) is 0 Å². The zero-order valence-corrected chi connectivity index (χ0v) is 7.13. The third-order valence-electron chi connectivity index (χ3n) is 1.77. The summed E-state index contributed by atoms with van der Waals surface area (Å²) in [4.78, 5) is 12.6. The predicted molar refractivity (Wildman–Crippen MR) is 43.0 cm³/mol. The summed E-state index contributed by atoms with van der Waals surface area (Å²) in [5.74, 6) is 0. The number of nitrogens with zero attached hydrogens (tertiary/aromatic N) is 2. The average molecular weight is 157 g/mol. The fraction of sp³-hybridized carbons (Fsp3) is 0.857. The van der Waals surface area contributed by atoms with Crippen LogP contribution in [-0.4, -0.2) is 43.1 Å². The van der Waals surface area contributed by atoms with E-state index in [1.807, 2.05) is 5.01 Å². The van der Waals surface area contributed by atoms with Gasteiger partial charge >= 0.3 is 6.03 Å². The molecule has 0 atom stereocenters. The van der Waals surface area contributed by atoms with Gasteiger partial charge in [0.15, 0.2) is 0 Å². The maximum absolute atomic E-state index is 11.1. The van der Waals surface area contributed by atoms with E-state index < -0.39 is 0 Å². The monoisotopic (exact) mass is 157 g/mol. The van der Waals surface area contributed by atoms with Gasteiger partial charge in [0, 0.05) is 27.2 Å². The number of nitrogens with one attached hydrogen (secondary N) is 1. The molecular weight excluding hydrogens is 142 g/mol. The first kappa shape index (κ1) is 8.33. The highest BCUT2D eigenvalue weighted by molar-refractivity contribution is 5.72. The molecule has 0 spiro atoms. The van der Waals surface area contributed by atoms with Crippen molar-refractivity contribution in [3.63, 3.8) is 0 Å². The first-order valence-corrected chi connectivity index (χ1v) is 3.93. The Labute approximate surface area is 67.1 Å². The molecule has 0 unspecified atom stereocenters. The Morgan fingerprint density at radius 1 is 1.36 bits per heavy atom. The summed E-state index contributed by atoms with van der Waals surface area (Å²) in [6.07, 6.45) is 2.38. The van der Waals surface area contributed by atoms with Crippen molar-refractivity contribution < 1.29 is 4.79 Å². The van der Waals surface area contributed by atoms with E-state index in [0.29, 0.717) is 0 Å².